The van der Waals surface area contributed by atoms with Gasteiger partial charge in [0.25, 0.3) is 0 Å². The maximum absolute atomic E-state index is 8.71. The lowest BCUT2D eigenvalue weighted by atomic mass is 10.2. The summed E-state index contributed by atoms with van der Waals surface area (Å²) in [5.74, 6) is 0. The van der Waals surface area contributed by atoms with Crippen LogP contribution < -0.4 is 0 Å². The van der Waals surface area contributed by atoms with Gasteiger partial charge in [0, 0.05) is 13.2 Å². The third kappa shape index (κ3) is 1.99. The summed E-state index contributed by atoms with van der Waals surface area (Å²) < 4.78 is 1.90. The van der Waals surface area contributed by atoms with Crippen LogP contribution in [-0.2, 0) is 6.54 Å². The molecule has 1 N–H and O–H groups in total. The molecule has 0 bridgehead atoms. The molecule has 4 nitrogen and oxygen atoms in total. The van der Waals surface area contributed by atoms with E-state index in [1.165, 1.54) is 0 Å². The Morgan fingerprint density at radius 3 is 3.00 bits per heavy atom. The third-order valence-corrected chi connectivity index (χ3v) is 2.53. The quantitative estimate of drug-likeness (QED) is 0.770. The minimum Gasteiger partial charge on any atom is -0.396 e. The van der Waals surface area contributed by atoms with Crippen LogP contribution in [0.2, 0.25) is 0 Å². The summed E-state index contributed by atoms with van der Waals surface area (Å²) in [6.45, 7) is 3.10. The number of aliphatic hydroxyl groups is 1. The van der Waals surface area contributed by atoms with E-state index in [2.05, 4.69) is 10.3 Å². The summed E-state index contributed by atoms with van der Waals surface area (Å²) in [5, 5.41) is 17.0. The van der Waals surface area contributed by atoms with Crippen LogP contribution in [0.15, 0.2) is 18.2 Å². The summed E-state index contributed by atoms with van der Waals surface area (Å²) in [4.78, 5) is 0. The van der Waals surface area contributed by atoms with Gasteiger partial charge in [-0.2, -0.15) is 0 Å². The fraction of sp³-hybridized carbons (Fsp3) is 0.455. The molecule has 1 heterocycles. The zero-order valence-corrected chi connectivity index (χ0v) is 8.85. The van der Waals surface area contributed by atoms with Crippen molar-refractivity contribution in [3.8, 4) is 0 Å². The molecule has 0 aliphatic heterocycles. The van der Waals surface area contributed by atoms with E-state index in [1.54, 1.807) is 0 Å². The second kappa shape index (κ2) is 4.40. The van der Waals surface area contributed by atoms with Crippen LogP contribution in [0.4, 0.5) is 0 Å². The highest BCUT2D eigenvalue weighted by Crippen LogP contribution is 2.15. The smallest absolute Gasteiger partial charge is 0.116 e. The molecule has 15 heavy (non-hydrogen) atoms. The van der Waals surface area contributed by atoms with Gasteiger partial charge < -0.3 is 5.11 Å². The van der Waals surface area contributed by atoms with Crippen molar-refractivity contribution in [2.75, 3.05) is 6.61 Å². The molecule has 0 aliphatic rings. The van der Waals surface area contributed by atoms with Gasteiger partial charge in [-0.15, -0.1) is 5.10 Å². The average Bonchev–Trinajstić information content (AvgIpc) is 2.64. The molecule has 2 aromatic rings. The number of aromatic nitrogens is 3. The van der Waals surface area contributed by atoms with Crippen LogP contribution in [0.1, 0.15) is 18.4 Å². The van der Waals surface area contributed by atoms with Crippen molar-refractivity contribution in [3.05, 3.63) is 23.8 Å². The number of aryl methyl sites for hydroxylation is 2. The number of hydrogen-bond donors (Lipinski definition) is 1. The van der Waals surface area contributed by atoms with Crippen LogP contribution in [0.5, 0.6) is 0 Å². The second-order valence-electron chi connectivity index (χ2n) is 3.69. The number of fused-ring (bicyclic) bond motifs is 1. The second-order valence-corrected chi connectivity index (χ2v) is 3.69. The van der Waals surface area contributed by atoms with Gasteiger partial charge in [0.05, 0.1) is 5.52 Å². The van der Waals surface area contributed by atoms with Gasteiger partial charge in [0.15, 0.2) is 0 Å². The molecule has 0 atom stereocenters. The van der Waals surface area contributed by atoms with Gasteiger partial charge in [-0.25, -0.2) is 4.68 Å². The third-order valence-electron chi connectivity index (χ3n) is 2.53. The zero-order valence-electron chi connectivity index (χ0n) is 8.85. The van der Waals surface area contributed by atoms with Crippen molar-refractivity contribution in [1.29, 1.82) is 0 Å². The van der Waals surface area contributed by atoms with E-state index >= 15 is 0 Å². The van der Waals surface area contributed by atoms with Crippen LogP contribution in [-0.4, -0.2) is 26.7 Å². The Bertz CT molecular complexity index is 450. The summed E-state index contributed by atoms with van der Waals surface area (Å²) in [6.07, 6.45) is 1.75. The van der Waals surface area contributed by atoms with Crippen molar-refractivity contribution in [3.63, 3.8) is 0 Å². The molecule has 0 amide bonds. The molecule has 2 rings (SSSR count). The molecule has 1 aromatic carbocycles. The van der Waals surface area contributed by atoms with E-state index in [9.17, 15) is 0 Å². The molecule has 0 unspecified atom stereocenters. The normalized spacial score (nSPS) is 11.1. The minimum atomic E-state index is 0.242. The molecule has 0 spiro atoms. The van der Waals surface area contributed by atoms with Crippen LogP contribution in [0.3, 0.4) is 0 Å². The molecule has 0 radical (unpaired) electrons. The molecule has 0 aliphatic carbocycles. The fourth-order valence-corrected chi connectivity index (χ4v) is 1.67. The molecule has 4 heteroatoms. The first-order chi connectivity index (χ1) is 7.33. The average molecular weight is 205 g/mol. The van der Waals surface area contributed by atoms with Crippen molar-refractivity contribution < 1.29 is 5.11 Å². The van der Waals surface area contributed by atoms with E-state index in [0.717, 1.165) is 36.0 Å². The number of aliphatic hydroxyl groups excluding tert-OH is 1. The zero-order chi connectivity index (χ0) is 10.7. The predicted octanol–water partition coefficient (Wildman–Crippen LogP) is 1.51. The maximum atomic E-state index is 8.71. The Labute approximate surface area is 88.5 Å². The van der Waals surface area contributed by atoms with E-state index in [-0.39, 0.29) is 6.61 Å². The van der Waals surface area contributed by atoms with E-state index in [1.807, 2.05) is 29.8 Å². The standard InChI is InChI=1S/C11H15N3O/c1-9-5-4-6-10-11(9)12-13-14(10)7-2-3-8-15/h4-6,15H,2-3,7-8H2,1H3. The van der Waals surface area contributed by atoms with Gasteiger partial charge in [0.1, 0.15) is 5.52 Å². The van der Waals surface area contributed by atoms with E-state index in [4.69, 9.17) is 5.11 Å². The van der Waals surface area contributed by atoms with E-state index < -0.39 is 0 Å². The molecule has 0 saturated heterocycles. The lowest BCUT2D eigenvalue weighted by Gasteiger charge is -2.00. The first kappa shape index (κ1) is 10.1. The SMILES string of the molecule is Cc1cccc2c1nnn2CCCCO. The molecule has 0 fully saturated rings. The van der Waals surface area contributed by atoms with Gasteiger partial charge in [-0.1, -0.05) is 17.3 Å². The van der Waals surface area contributed by atoms with Crippen LogP contribution in [0.25, 0.3) is 11.0 Å². The van der Waals surface area contributed by atoms with Crippen LogP contribution in [0, 0.1) is 6.92 Å². The topological polar surface area (TPSA) is 50.9 Å². The Morgan fingerprint density at radius 2 is 2.20 bits per heavy atom. The Hall–Kier alpha value is -1.42. The summed E-state index contributed by atoms with van der Waals surface area (Å²) in [6, 6.07) is 6.08. The molecule has 0 saturated carbocycles. The van der Waals surface area contributed by atoms with Gasteiger partial charge in [-0.05, 0) is 31.4 Å². The lowest BCUT2D eigenvalue weighted by Crippen LogP contribution is -2.01. The first-order valence-corrected chi connectivity index (χ1v) is 5.22. The van der Waals surface area contributed by atoms with Crippen molar-refractivity contribution in [1.82, 2.24) is 15.0 Å². The Kier molecular flexibility index (Phi) is 2.97. The number of rotatable bonds is 4. The van der Waals surface area contributed by atoms with E-state index in [0.29, 0.717) is 0 Å². The molecule has 80 valence electrons. The predicted molar refractivity (Wildman–Crippen MR) is 58.6 cm³/mol. The van der Waals surface area contributed by atoms with Gasteiger partial charge >= 0.3 is 0 Å². The Morgan fingerprint density at radius 1 is 1.33 bits per heavy atom. The van der Waals surface area contributed by atoms with Crippen molar-refractivity contribution in [2.45, 2.75) is 26.3 Å². The fourth-order valence-electron chi connectivity index (χ4n) is 1.67. The van der Waals surface area contributed by atoms with Crippen molar-refractivity contribution in [2.24, 2.45) is 0 Å². The molecular formula is C11H15N3O. The minimum absolute atomic E-state index is 0.242. The summed E-state index contributed by atoms with van der Waals surface area (Å²) in [7, 11) is 0. The summed E-state index contributed by atoms with van der Waals surface area (Å²) in [5.41, 5.74) is 3.20. The molecular weight excluding hydrogens is 190 g/mol. The lowest BCUT2D eigenvalue weighted by molar-refractivity contribution is 0.280. The number of unbranched alkanes of at least 4 members (excludes halogenated alkanes) is 1. The number of benzene rings is 1. The van der Waals surface area contributed by atoms with Gasteiger partial charge in [0.2, 0.25) is 0 Å². The summed E-state index contributed by atoms with van der Waals surface area (Å²) >= 11 is 0. The van der Waals surface area contributed by atoms with Crippen molar-refractivity contribution >= 4 is 11.0 Å². The largest absolute Gasteiger partial charge is 0.396 e. The van der Waals surface area contributed by atoms with Crippen LogP contribution >= 0.6 is 0 Å². The maximum Gasteiger partial charge on any atom is 0.116 e. The van der Waals surface area contributed by atoms with Gasteiger partial charge in [-0.3, -0.25) is 0 Å². The Balaban J connectivity index is 2.25. The highest BCUT2D eigenvalue weighted by molar-refractivity contribution is 5.77. The first-order valence-electron chi connectivity index (χ1n) is 5.22. The highest BCUT2D eigenvalue weighted by Gasteiger charge is 2.05. The highest BCUT2D eigenvalue weighted by atomic mass is 16.2. The molecule has 1 aromatic heterocycles. The monoisotopic (exact) mass is 205 g/mol. The number of nitrogens with zero attached hydrogens (tertiary/aromatic N) is 3. The number of hydrogen-bond acceptors (Lipinski definition) is 3.